The third-order valence-corrected chi connectivity index (χ3v) is 1.75. The van der Waals surface area contributed by atoms with Gasteiger partial charge in [0.15, 0.2) is 0 Å². The van der Waals surface area contributed by atoms with Gasteiger partial charge in [-0.05, 0) is 13.8 Å². The van der Waals surface area contributed by atoms with E-state index in [1.54, 1.807) is 19.3 Å². The number of hydrogen-bond donors (Lipinski definition) is 2. The van der Waals surface area contributed by atoms with Crippen molar-refractivity contribution in [3.8, 4) is 0 Å². The molecule has 0 amide bonds. The van der Waals surface area contributed by atoms with Gasteiger partial charge >= 0.3 is 0 Å². The second-order valence-electron chi connectivity index (χ2n) is 3.07. The first-order valence-corrected chi connectivity index (χ1v) is 3.76. The monoisotopic (exact) mass is 167 g/mol. The van der Waals surface area contributed by atoms with Gasteiger partial charge in [-0.3, -0.25) is 9.97 Å². The summed E-state index contributed by atoms with van der Waals surface area (Å²) in [6.45, 7) is 3.42. The van der Waals surface area contributed by atoms with Crippen LogP contribution in [0.4, 0.5) is 0 Å². The molecular formula is C8H13N3O. The third kappa shape index (κ3) is 1.60. The van der Waals surface area contributed by atoms with Gasteiger partial charge in [0.2, 0.25) is 0 Å². The Morgan fingerprint density at radius 2 is 2.08 bits per heavy atom. The minimum Gasteiger partial charge on any atom is -0.394 e. The normalized spacial score (nSPS) is 15.7. The average Bonchev–Trinajstić information content (AvgIpc) is 2.05. The van der Waals surface area contributed by atoms with Gasteiger partial charge in [-0.15, -0.1) is 0 Å². The third-order valence-electron chi connectivity index (χ3n) is 1.75. The summed E-state index contributed by atoms with van der Waals surface area (Å²) in [7, 11) is 0. The zero-order valence-corrected chi connectivity index (χ0v) is 7.28. The van der Waals surface area contributed by atoms with Crippen molar-refractivity contribution in [1.29, 1.82) is 0 Å². The number of aryl methyl sites for hydroxylation is 1. The summed E-state index contributed by atoms with van der Waals surface area (Å²) >= 11 is 0. The summed E-state index contributed by atoms with van der Waals surface area (Å²) in [6.07, 6.45) is 3.18. The molecule has 0 aromatic carbocycles. The Hall–Kier alpha value is -1.00. The highest BCUT2D eigenvalue weighted by Gasteiger charge is 2.23. The van der Waals surface area contributed by atoms with Gasteiger partial charge in [0.25, 0.3) is 0 Å². The minimum atomic E-state index is -0.793. The quantitative estimate of drug-likeness (QED) is 0.648. The number of aromatic nitrogens is 2. The van der Waals surface area contributed by atoms with E-state index in [0.29, 0.717) is 5.69 Å². The standard InChI is InChI=1S/C8H13N3O/c1-6-7(8(2,9)5-12)11-4-3-10-6/h3-4,12H,5,9H2,1-2H3. The number of aliphatic hydroxyl groups excluding tert-OH is 1. The largest absolute Gasteiger partial charge is 0.394 e. The van der Waals surface area contributed by atoms with Crippen molar-refractivity contribution in [3.05, 3.63) is 23.8 Å². The van der Waals surface area contributed by atoms with E-state index in [9.17, 15) is 0 Å². The van der Waals surface area contributed by atoms with Gasteiger partial charge in [0, 0.05) is 12.4 Å². The van der Waals surface area contributed by atoms with Crippen LogP contribution in [0.5, 0.6) is 0 Å². The molecule has 0 spiro atoms. The van der Waals surface area contributed by atoms with E-state index >= 15 is 0 Å². The minimum absolute atomic E-state index is 0.132. The van der Waals surface area contributed by atoms with Crippen LogP contribution in [0.15, 0.2) is 12.4 Å². The van der Waals surface area contributed by atoms with Crippen LogP contribution in [0, 0.1) is 6.92 Å². The van der Waals surface area contributed by atoms with E-state index in [0.717, 1.165) is 5.69 Å². The number of aliphatic hydroxyl groups is 1. The molecule has 0 saturated carbocycles. The van der Waals surface area contributed by atoms with E-state index < -0.39 is 5.54 Å². The summed E-state index contributed by atoms with van der Waals surface area (Å²) in [5.74, 6) is 0. The second kappa shape index (κ2) is 3.16. The summed E-state index contributed by atoms with van der Waals surface area (Å²) < 4.78 is 0. The highest BCUT2D eigenvalue weighted by Crippen LogP contribution is 2.15. The van der Waals surface area contributed by atoms with E-state index in [2.05, 4.69) is 9.97 Å². The topological polar surface area (TPSA) is 72.0 Å². The number of nitrogens with two attached hydrogens (primary N) is 1. The van der Waals surface area contributed by atoms with Crippen molar-refractivity contribution in [3.63, 3.8) is 0 Å². The lowest BCUT2D eigenvalue weighted by Gasteiger charge is -2.21. The van der Waals surface area contributed by atoms with Crippen molar-refractivity contribution in [2.45, 2.75) is 19.4 Å². The Bertz CT molecular complexity index is 273. The molecule has 3 N–H and O–H groups in total. The molecule has 4 nitrogen and oxygen atoms in total. The molecule has 1 unspecified atom stereocenters. The maximum Gasteiger partial charge on any atom is 0.0835 e. The number of nitrogens with zero attached hydrogens (tertiary/aromatic N) is 2. The van der Waals surface area contributed by atoms with E-state index in [-0.39, 0.29) is 6.61 Å². The molecule has 0 aliphatic carbocycles. The van der Waals surface area contributed by atoms with E-state index in [4.69, 9.17) is 10.8 Å². The Labute approximate surface area is 71.5 Å². The van der Waals surface area contributed by atoms with Crippen molar-refractivity contribution in [1.82, 2.24) is 9.97 Å². The Morgan fingerprint density at radius 1 is 1.50 bits per heavy atom. The van der Waals surface area contributed by atoms with Gasteiger partial charge in [0.1, 0.15) is 0 Å². The van der Waals surface area contributed by atoms with E-state index in [1.165, 1.54) is 0 Å². The van der Waals surface area contributed by atoms with Gasteiger partial charge in [-0.1, -0.05) is 0 Å². The van der Waals surface area contributed by atoms with Crippen LogP contribution in [-0.2, 0) is 5.54 Å². The fourth-order valence-corrected chi connectivity index (χ4v) is 1.04. The fraction of sp³-hybridized carbons (Fsp3) is 0.500. The highest BCUT2D eigenvalue weighted by molar-refractivity contribution is 5.17. The summed E-state index contributed by atoms with van der Waals surface area (Å²) in [4.78, 5) is 8.11. The van der Waals surface area contributed by atoms with Crippen LogP contribution in [0.2, 0.25) is 0 Å². The van der Waals surface area contributed by atoms with Crippen LogP contribution in [-0.4, -0.2) is 21.7 Å². The number of hydrogen-bond acceptors (Lipinski definition) is 4. The van der Waals surface area contributed by atoms with Crippen molar-refractivity contribution < 1.29 is 5.11 Å². The average molecular weight is 167 g/mol. The first-order valence-electron chi connectivity index (χ1n) is 3.76. The van der Waals surface area contributed by atoms with Crippen LogP contribution in [0.3, 0.4) is 0 Å². The van der Waals surface area contributed by atoms with Crippen LogP contribution in [0.25, 0.3) is 0 Å². The zero-order valence-electron chi connectivity index (χ0n) is 7.28. The Kier molecular flexibility index (Phi) is 2.40. The Balaban J connectivity index is 3.10. The predicted octanol–water partition coefficient (Wildman–Crippen LogP) is -0.0488. The molecule has 4 heteroatoms. The molecule has 1 aromatic heterocycles. The van der Waals surface area contributed by atoms with Crippen molar-refractivity contribution in [2.75, 3.05) is 6.61 Å². The summed E-state index contributed by atoms with van der Waals surface area (Å²) in [5, 5.41) is 8.98. The molecule has 1 atom stereocenters. The zero-order chi connectivity index (χ0) is 9.19. The van der Waals surface area contributed by atoms with Gasteiger partial charge < -0.3 is 10.8 Å². The molecule has 12 heavy (non-hydrogen) atoms. The fourth-order valence-electron chi connectivity index (χ4n) is 1.04. The van der Waals surface area contributed by atoms with Gasteiger partial charge in [0.05, 0.1) is 23.5 Å². The smallest absolute Gasteiger partial charge is 0.0835 e. The van der Waals surface area contributed by atoms with Gasteiger partial charge in [-0.2, -0.15) is 0 Å². The molecule has 0 fully saturated rings. The van der Waals surface area contributed by atoms with Crippen LogP contribution >= 0.6 is 0 Å². The maximum absolute atomic E-state index is 8.98. The van der Waals surface area contributed by atoms with Crippen LogP contribution < -0.4 is 5.73 Å². The highest BCUT2D eigenvalue weighted by atomic mass is 16.3. The molecule has 0 bridgehead atoms. The predicted molar refractivity (Wildman–Crippen MR) is 45.4 cm³/mol. The Morgan fingerprint density at radius 3 is 2.58 bits per heavy atom. The first-order chi connectivity index (χ1) is 5.58. The first kappa shape index (κ1) is 9.09. The molecule has 0 aliphatic heterocycles. The summed E-state index contributed by atoms with van der Waals surface area (Å²) in [5.41, 5.74) is 6.40. The molecule has 66 valence electrons. The molecule has 1 aromatic rings. The van der Waals surface area contributed by atoms with Gasteiger partial charge in [-0.25, -0.2) is 0 Å². The molecule has 1 rings (SSSR count). The van der Waals surface area contributed by atoms with Crippen LogP contribution in [0.1, 0.15) is 18.3 Å². The number of rotatable bonds is 2. The van der Waals surface area contributed by atoms with E-state index in [1.807, 2.05) is 6.92 Å². The molecule has 0 radical (unpaired) electrons. The molecule has 1 heterocycles. The lowest BCUT2D eigenvalue weighted by atomic mass is 9.99. The SMILES string of the molecule is Cc1nccnc1C(C)(N)CO. The molecule has 0 aliphatic rings. The second-order valence-corrected chi connectivity index (χ2v) is 3.07. The lowest BCUT2D eigenvalue weighted by Crippen LogP contribution is -2.38. The van der Waals surface area contributed by atoms with Crippen molar-refractivity contribution in [2.24, 2.45) is 5.73 Å². The molecular weight excluding hydrogens is 154 g/mol. The maximum atomic E-state index is 8.98. The molecule has 0 saturated heterocycles. The lowest BCUT2D eigenvalue weighted by molar-refractivity contribution is 0.205. The summed E-state index contributed by atoms with van der Waals surface area (Å²) in [6, 6.07) is 0. The van der Waals surface area contributed by atoms with Crippen molar-refractivity contribution >= 4 is 0 Å².